The summed E-state index contributed by atoms with van der Waals surface area (Å²) in [4.78, 5) is 2.21. The van der Waals surface area contributed by atoms with Crippen molar-refractivity contribution in [3.05, 3.63) is 14.5 Å². The molecule has 1 nitrogen and oxygen atoms in total. The summed E-state index contributed by atoms with van der Waals surface area (Å²) in [7, 11) is 3.94. The van der Waals surface area contributed by atoms with Crippen LogP contribution in [0.1, 0.15) is 27.2 Å². The molecule has 1 aliphatic heterocycles. The topological polar surface area (TPSA) is 3.24 Å². The van der Waals surface area contributed by atoms with Gasteiger partial charge in [-0.05, 0) is 37.3 Å². The Kier molecular flexibility index (Phi) is 11.0. The molecule has 0 unspecified atom stereocenters. The van der Waals surface area contributed by atoms with Gasteiger partial charge in [-0.3, -0.25) is 7.05 Å². The zero-order valence-electron chi connectivity index (χ0n) is 8.05. The van der Waals surface area contributed by atoms with E-state index in [0.717, 1.165) is 11.3 Å². The van der Waals surface area contributed by atoms with Crippen LogP contribution in [-0.4, -0.2) is 18.0 Å². The molecule has 0 aromatic carbocycles. The van der Waals surface area contributed by atoms with Gasteiger partial charge in [0.2, 0.25) is 0 Å². The third kappa shape index (κ3) is 4.01. The van der Waals surface area contributed by atoms with E-state index in [9.17, 15) is 0 Å². The van der Waals surface area contributed by atoms with Crippen molar-refractivity contribution in [2.75, 3.05) is 13.1 Å². The summed E-state index contributed by atoms with van der Waals surface area (Å²) in [5.41, 5.74) is 0.738. The van der Waals surface area contributed by atoms with Gasteiger partial charge in [-0.2, -0.15) is 0 Å². The average Bonchev–Trinajstić information content (AvgIpc) is 2.17. The van der Waals surface area contributed by atoms with Gasteiger partial charge in [-0.25, -0.2) is 0 Å². The number of nitrogens with zero attached hydrogens (tertiary/aromatic N) is 1. The predicted molar refractivity (Wildman–Crippen MR) is 50.9 cm³/mol. The summed E-state index contributed by atoms with van der Waals surface area (Å²) in [6, 6.07) is 0. The Bertz CT molecular complexity index is 141. The molecule has 0 N–H and O–H groups in total. The summed E-state index contributed by atoms with van der Waals surface area (Å²) in [5.74, 6) is 0.990. The minimum atomic E-state index is 0. The minimum Gasteiger partial charge on any atom is -0.459 e. The van der Waals surface area contributed by atoms with Crippen molar-refractivity contribution in [2.45, 2.75) is 27.2 Å². The maximum absolute atomic E-state index is 3.94. The molecule has 0 bridgehead atoms. The van der Waals surface area contributed by atoms with Gasteiger partial charge in [0.05, 0.1) is 0 Å². The van der Waals surface area contributed by atoms with Crippen LogP contribution in [0.4, 0.5) is 0 Å². The summed E-state index contributed by atoms with van der Waals surface area (Å²) in [6.07, 6.45) is 2.86. The van der Waals surface area contributed by atoms with Crippen LogP contribution in [0.5, 0.6) is 0 Å². The Morgan fingerprint density at radius 1 is 1.46 bits per heavy atom. The molecule has 75 valence electrons. The number of likely N-dealkylation sites (tertiary alicyclic amines) is 1. The standard InChI is InChI=1S/C8H14N.CH4.CH3.W.Y/c1-7-5-8(7)3-4-9(2)6-8;;;;/h7H,2-6H2,1H3;1H4;1H3;;/q-1;;-1;+2;/t7-,8+;;;;/m1..../s1. The Morgan fingerprint density at radius 3 is 2.08 bits per heavy atom. The first kappa shape index (κ1) is 20.2. The van der Waals surface area contributed by atoms with E-state index in [-0.39, 0.29) is 68.6 Å². The zero-order valence-corrected chi connectivity index (χ0v) is 13.8. The predicted octanol–water partition coefficient (Wildman–Crippen LogP) is 2.59. The summed E-state index contributed by atoms with van der Waals surface area (Å²) in [6.45, 7) is 4.84. The number of hydrogen-bond acceptors (Lipinski definition) is 1. The number of rotatable bonds is 0. The Morgan fingerprint density at radius 2 is 1.92 bits per heavy atom. The van der Waals surface area contributed by atoms with Gasteiger partial charge in [0, 0.05) is 32.7 Å². The van der Waals surface area contributed by atoms with E-state index in [1.165, 1.54) is 25.9 Å². The van der Waals surface area contributed by atoms with Gasteiger partial charge in [-0.15, -0.1) is 0 Å². The Labute approximate surface area is 124 Å². The molecule has 3 heteroatoms. The maximum atomic E-state index is 3.94. The van der Waals surface area contributed by atoms with Crippen LogP contribution in [0.25, 0.3) is 0 Å². The van der Waals surface area contributed by atoms with Crippen LogP contribution in [0.15, 0.2) is 0 Å². The quantitative estimate of drug-likeness (QED) is 0.537. The van der Waals surface area contributed by atoms with E-state index >= 15 is 0 Å². The van der Waals surface area contributed by atoms with Gasteiger partial charge in [0.1, 0.15) is 0 Å². The molecule has 2 aliphatic rings. The van der Waals surface area contributed by atoms with Crippen LogP contribution in [0.3, 0.4) is 0 Å². The summed E-state index contributed by atoms with van der Waals surface area (Å²) in [5, 5.41) is 0. The average molecular weight is 428 g/mol. The first-order chi connectivity index (χ1) is 4.23. The minimum absolute atomic E-state index is 0. The molecule has 2 fully saturated rings. The van der Waals surface area contributed by atoms with Gasteiger partial charge < -0.3 is 12.3 Å². The second-order valence-electron chi connectivity index (χ2n) is 3.77. The van der Waals surface area contributed by atoms with Gasteiger partial charge >= 0.3 is 21.1 Å². The van der Waals surface area contributed by atoms with E-state index in [2.05, 4.69) is 18.9 Å². The molecule has 1 saturated heterocycles. The van der Waals surface area contributed by atoms with E-state index in [0.29, 0.717) is 0 Å². The third-order valence-corrected chi connectivity index (χ3v) is 3.06. The molecule has 1 saturated carbocycles. The summed E-state index contributed by atoms with van der Waals surface area (Å²) < 4.78 is 0. The van der Waals surface area contributed by atoms with Crippen molar-refractivity contribution in [1.82, 2.24) is 4.90 Å². The molecular weight excluding hydrogens is 407 g/mol. The SMILES string of the molecule is C.[CH2-]N1CC[C@]2(C[C@H]2C)C1.[CH3-].[W+2].[Y]. The largest absolute Gasteiger partial charge is 2.00 e. The van der Waals surface area contributed by atoms with Crippen LogP contribution >= 0.6 is 0 Å². The molecule has 0 aromatic rings. The second kappa shape index (κ2) is 7.10. The Balaban J connectivity index is -0.000000250. The zero-order chi connectivity index (χ0) is 6.48. The molecular formula is C10H21NWY. The molecule has 0 amide bonds. The first-order valence-corrected chi connectivity index (χ1v) is 3.78. The summed E-state index contributed by atoms with van der Waals surface area (Å²) >= 11 is 0. The number of hydrogen-bond donors (Lipinski definition) is 0. The maximum Gasteiger partial charge on any atom is 2.00 e. The molecule has 2 atom stereocenters. The molecule has 1 heterocycles. The van der Waals surface area contributed by atoms with Gasteiger partial charge in [0.25, 0.3) is 0 Å². The van der Waals surface area contributed by atoms with Crippen molar-refractivity contribution in [1.29, 1.82) is 0 Å². The van der Waals surface area contributed by atoms with E-state index in [1.807, 2.05) is 0 Å². The van der Waals surface area contributed by atoms with Crippen LogP contribution in [-0.2, 0) is 53.8 Å². The van der Waals surface area contributed by atoms with Crippen molar-refractivity contribution in [3.63, 3.8) is 0 Å². The normalized spacial score (nSPS) is 35.1. The van der Waals surface area contributed by atoms with E-state index in [4.69, 9.17) is 0 Å². The molecule has 1 radical (unpaired) electrons. The van der Waals surface area contributed by atoms with Crippen molar-refractivity contribution in [3.8, 4) is 0 Å². The third-order valence-electron chi connectivity index (χ3n) is 3.06. The Hall–Kier alpha value is 1.75. The van der Waals surface area contributed by atoms with Gasteiger partial charge in [-0.1, -0.05) is 14.4 Å². The molecule has 1 spiro atoms. The second-order valence-corrected chi connectivity index (χ2v) is 3.77. The first-order valence-electron chi connectivity index (χ1n) is 3.78. The van der Waals surface area contributed by atoms with Gasteiger partial charge in [0.15, 0.2) is 0 Å². The molecule has 13 heavy (non-hydrogen) atoms. The molecule has 2 rings (SSSR count). The van der Waals surface area contributed by atoms with Crippen LogP contribution in [0.2, 0.25) is 0 Å². The van der Waals surface area contributed by atoms with Crippen LogP contribution < -0.4 is 0 Å². The molecule has 0 aromatic heterocycles. The molecule has 1 aliphatic carbocycles. The fourth-order valence-electron chi connectivity index (χ4n) is 2.10. The fraction of sp³-hybridized carbons (Fsp3) is 0.800. The van der Waals surface area contributed by atoms with Crippen molar-refractivity contribution in [2.24, 2.45) is 11.3 Å². The van der Waals surface area contributed by atoms with Crippen molar-refractivity contribution < 1.29 is 53.8 Å². The van der Waals surface area contributed by atoms with Crippen molar-refractivity contribution >= 4 is 0 Å². The smallest absolute Gasteiger partial charge is 0.459 e. The monoisotopic (exact) mass is 428 g/mol. The van der Waals surface area contributed by atoms with E-state index in [1.54, 1.807) is 0 Å². The van der Waals surface area contributed by atoms with E-state index < -0.39 is 0 Å². The fourth-order valence-corrected chi connectivity index (χ4v) is 2.10. The van der Waals surface area contributed by atoms with Crippen LogP contribution in [0, 0.1) is 25.8 Å².